The van der Waals surface area contributed by atoms with Gasteiger partial charge in [-0.3, -0.25) is 9.59 Å². The van der Waals surface area contributed by atoms with Gasteiger partial charge in [0, 0.05) is 21.4 Å². The molecule has 2 aliphatic carbocycles. The summed E-state index contributed by atoms with van der Waals surface area (Å²) in [5, 5.41) is 6.40. The molecule has 2 amide bonds. The second-order valence-corrected chi connectivity index (χ2v) is 11.9. The van der Waals surface area contributed by atoms with Crippen molar-refractivity contribution in [3.05, 3.63) is 40.3 Å². The van der Waals surface area contributed by atoms with Crippen LogP contribution in [-0.2, 0) is 27.2 Å². The van der Waals surface area contributed by atoms with Gasteiger partial charge in [-0.2, -0.15) is 0 Å². The van der Waals surface area contributed by atoms with Gasteiger partial charge in [0.05, 0.1) is 17.4 Å². The lowest BCUT2D eigenvalue weighted by Gasteiger charge is -2.21. The first-order valence-corrected chi connectivity index (χ1v) is 14.9. The fraction of sp³-hybridized carbons (Fsp3) is 0.536. The Balaban J connectivity index is 1.44. The molecule has 194 valence electrons. The van der Waals surface area contributed by atoms with Gasteiger partial charge < -0.3 is 15.4 Å². The number of nitrogens with one attached hydrogen (secondary N) is 2. The summed E-state index contributed by atoms with van der Waals surface area (Å²) in [6.45, 7) is 4.08. The highest BCUT2D eigenvalue weighted by Gasteiger charge is 2.29. The summed E-state index contributed by atoms with van der Waals surface area (Å²) in [4.78, 5) is 40.8. The third kappa shape index (κ3) is 6.51. The van der Waals surface area contributed by atoms with E-state index in [1.165, 1.54) is 34.4 Å². The fourth-order valence-corrected chi connectivity index (χ4v) is 7.30. The predicted molar refractivity (Wildman–Crippen MR) is 147 cm³/mol. The summed E-state index contributed by atoms with van der Waals surface area (Å²) in [5.74, 6) is -0.290. The predicted octanol–water partition coefficient (Wildman–Crippen LogP) is 6.83. The van der Waals surface area contributed by atoms with E-state index < -0.39 is 0 Å². The summed E-state index contributed by atoms with van der Waals surface area (Å²) in [7, 11) is 0. The van der Waals surface area contributed by atoms with Gasteiger partial charge in [-0.25, -0.2) is 4.79 Å². The molecule has 36 heavy (non-hydrogen) atoms. The SMILES string of the molecule is CCOC(=O)c1c(NC(=O)C(CC)Sc2cccc(NC(=O)C3CCCCC3)c2)sc2c1CCCC2. The Labute approximate surface area is 222 Å². The van der Waals surface area contributed by atoms with Crippen molar-refractivity contribution in [2.45, 2.75) is 88.2 Å². The molecule has 2 aromatic rings. The van der Waals surface area contributed by atoms with Gasteiger partial charge in [-0.15, -0.1) is 23.1 Å². The molecule has 1 fully saturated rings. The van der Waals surface area contributed by atoms with Crippen LogP contribution in [0.15, 0.2) is 29.2 Å². The van der Waals surface area contributed by atoms with E-state index in [-0.39, 0.29) is 29.0 Å². The Bertz CT molecular complexity index is 1090. The first-order chi connectivity index (χ1) is 17.5. The molecule has 1 unspecified atom stereocenters. The lowest BCUT2D eigenvalue weighted by molar-refractivity contribution is -0.120. The number of carbonyl (C=O) groups excluding carboxylic acids is 3. The monoisotopic (exact) mass is 528 g/mol. The van der Waals surface area contributed by atoms with E-state index in [0.29, 0.717) is 23.6 Å². The van der Waals surface area contributed by atoms with Crippen LogP contribution in [0.4, 0.5) is 10.7 Å². The van der Waals surface area contributed by atoms with Crippen molar-refractivity contribution in [1.82, 2.24) is 0 Å². The average Bonchev–Trinajstić information content (AvgIpc) is 3.26. The highest BCUT2D eigenvalue weighted by molar-refractivity contribution is 8.00. The van der Waals surface area contributed by atoms with Crippen molar-refractivity contribution in [2.24, 2.45) is 5.92 Å². The third-order valence-electron chi connectivity index (χ3n) is 6.91. The minimum absolute atomic E-state index is 0.0921. The van der Waals surface area contributed by atoms with Gasteiger partial charge in [0.25, 0.3) is 0 Å². The van der Waals surface area contributed by atoms with Gasteiger partial charge in [-0.05, 0) is 75.6 Å². The highest BCUT2D eigenvalue weighted by Crippen LogP contribution is 2.39. The number of amides is 2. The zero-order valence-electron chi connectivity index (χ0n) is 21.2. The van der Waals surface area contributed by atoms with Gasteiger partial charge in [-0.1, -0.05) is 32.3 Å². The highest BCUT2D eigenvalue weighted by atomic mass is 32.2. The number of aryl methyl sites for hydroxylation is 1. The molecule has 0 saturated heterocycles. The molecule has 8 heteroatoms. The zero-order valence-corrected chi connectivity index (χ0v) is 22.8. The van der Waals surface area contributed by atoms with Gasteiger partial charge >= 0.3 is 5.97 Å². The topological polar surface area (TPSA) is 84.5 Å². The van der Waals surface area contributed by atoms with Gasteiger partial charge in [0.15, 0.2) is 0 Å². The van der Waals surface area contributed by atoms with Crippen LogP contribution < -0.4 is 10.6 Å². The molecular formula is C28H36N2O4S2. The van der Waals surface area contributed by atoms with Crippen LogP contribution in [0.3, 0.4) is 0 Å². The molecule has 1 aromatic carbocycles. The molecule has 1 atom stereocenters. The van der Waals surface area contributed by atoms with Crippen molar-refractivity contribution in [2.75, 3.05) is 17.2 Å². The molecule has 6 nitrogen and oxygen atoms in total. The van der Waals surface area contributed by atoms with Crippen LogP contribution in [0, 0.1) is 5.92 Å². The van der Waals surface area contributed by atoms with Crippen molar-refractivity contribution >= 4 is 51.6 Å². The second-order valence-electron chi connectivity index (χ2n) is 9.49. The number of anilines is 2. The van der Waals surface area contributed by atoms with Crippen LogP contribution in [-0.4, -0.2) is 29.6 Å². The Morgan fingerprint density at radius 3 is 2.58 bits per heavy atom. The largest absolute Gasteiger partial charge is 0.462 e. The van der Waals surface area contributed by atoms with E-state index in [1.54, 1.807) is 6.92 Å². The Morgan fingerprint density at radius 2 is 1.83 bits per heavy atom. The fourth-order valence-electron chi connectivity index (χ4n) is 5.01. The molecule has 0 radical (unpaired) electrons. The maximum atomic E-state index is 13.3. The van der Waals surface area contributed by atoms with Crippen LogP contribution in [0.25, 0.3) is 0 Å². The second kappa shape index (κ2) is 12.8. The Hall–Kier alpha value is -2.32. The number of carbonyl (C=O) groups is 3. The number of ether oxygens (including phenoxy) is 1. The van der Waals surface area contributed by atoms with E-state index in [4.69, 9.17) is 4.74 Å². The van der Waals surface area contributed by atoms with Crippen molar-refractivity contribution < 1.29 is 19.1 Å². The average molecular weight is 529 g/mol. The molecule has 1 aromatic heterocycles. The van der Waals surface area contributed by atoms with Crippen LogP contribution in [0.2, 0.25) is 0 Å². The van der Waals surface area contributed by atoms with Gasteiger partial charge in [0.1, 0.15) is 5.00 Å². The van der Waals surface area contributed by atoms with E-state index in [9.17, 15) is 14.4 Å². The molecule has 2 N–H and O–H groups in total. The summed E-state index contributed by atoms with van der Waals surface area (Å²) >= 11 is 2.99. The quantitative estimate of drug-likeness (QED) is 0.275. The number of esters is 1. The molecule has 2 aliphatic rings. The molecule has 1 saturated carbocycles. The summed E-state index contributed by atoms with van der Waals surface area (Å²) in [6.07, 6.45) is 9.93. The van der Waals surface area contributed by atoms with E-state index in [2.05, 4.69) is 10.6 Å². The number of hydrogen-bond donors (Lipinski definition) is 2. The lowest BCUT2D eigenvalue weighted by Crippen LogP contribution is -2.25. The Kier molecular flexibility index (Phi) is 9.48. The summed E-state index contributed by atoms with van der Waals surface area (Å²) < 4.78 is 5.32. The van der Waals surface area contributed by atoms with Crippen LogP contribution in [0.1, 0.15) is 86.0 Å². The molecule has 0 bridgehead atoms. The first-order valence-electron chi connectivity index (χ1n) is 13.2. The van der Waals surface area contributed by atoms with E-state index in [0.717, 1.165) is 67.5 Å². The molecule has 1 heterocycles. The van der Waals surface area contributed by atoms with Crippen LogP contribution >= 0.6 is 23.1 Å². The summed E-state index contributed by atoms with van der Waals surface area (Å²) in [5.41, 5.74) is 2.35. The Morgan fingerprint density at radius 1 is 1.06 bits per heavy atom. The van der Waals surface area contributed by atoms with Crippen molar-refractivity contribution in [3.8, 4) is 0 Å². The number of fused-ring (bicyclic) bond motifs is 1. The number of thiophene rings is 1. The number of benzene rings is 1. The maximum Gasteiger partial charge on any atom is 0.341 e. The third-order valence-corrected chi connectivity index (χ3v) is 9.47. The van der Waals surface area contributed by atoms with Crippen molar-refractivity contribution in [1.29, 1.82) is 0 Å². The maximum absolute atomic E-state index is 13.3. The zero-order chi connectivity index (χ0) is 25.5. The van der Waals surface area contributed by atoms with Gasteiger partial charge in [0.2, 0.25) is 11.8 Å². The van der Waals surface area contributed by atoms with Crippen LogP contribution in [0.5, 0.6) is 0 Å². The van der Waals surface area contributed by atoms with Crippen molar-refractivity contribution in [3.63, 3.8) is 0 Å². The lowest BCUT2D eigenvalue weighted by atomic mass is 9.88. The molecule has 4 rings (SSSR count). The molecular weight excluding hydrogens is 492 g/mol. The molecule has 0 aliphatic heterocycles. The van der Waals surface area contributed by atoms with E-state index in [1.807, 2.05) is 31.2 Å². The number of hydrogen-bond acceptors (Lipinski definition) is 6. The number of thioether (sulfide) groups is 1. The molecule has 0 spiro atoms. The minimum Gasteiger partial charge on any atom is -0.462 e. The normalized spacial score (nSPS) is 16.6. The first kappa shape index (κ1) is 26.7. The smallest absolute Gasteiger partial charge is 0.341 e. The minimum atomic E-state index is -0.352. The summed E-state index contributed by atoms with van der Waals surface area (Å²) in [6, 6.07) is 7.71. The standard InChI is InChI=1S/C28H36N2O4S2/c1-3-22(35-20-14-10-13-19(17-20)29-25(31)18-11-6-5-7-12-18)26(32)30-27-24(28(33)34-4-2)21-15-8-9-16-23(21)36-27/h10,13-14,17-18,22H,3-9,11-12,15-16H2,1-2H3,(H,29,31)(H,30,32). The number of rotatable bonds is 9. The van der Waals surface area contributed by atoms with E-state index >= 15 is 0 Å².